The van der Waals surface area contributed by atoms with Crippen LogP contribution < -0.4 is 5.56 Å². The van der Waals surface area contributed by atoms with Gasteiger partial charge in [-0.1, -0.05) is 24.3 Å². The summed E-state index contributed by atoms with van der Waals surface area (Å²) in [5, 5.41) is 29.1. The van der Waals surface area contributed by atoms with E-state index in [4.69, 9.17) is 0 Å². The van der Waals surface area contributed by atoms with Crippen LogP contribution in [0.5, 0.6) is 11.8 Å². The van der Waals surface area contributed by atoms with Crippen LogP contribution >= 0.6 is 0 Å². The monoisotopic (exact) mass is 474 g/mol. The molecule has 0 saturated heterocycles. The first-order valence-electron chi connectivity index (χ1n) is 11.6. The lowest BCUT2D eigenvalue weighted by atomic mass is 10.0. The second-order valence-corrected chi connectivity index (χ2v) is 9.36. The second-order valence-electron chi connectivity index (χ2n) is 9.36. The molecule has 1 fully saturated rings. The Labute approximate surface area is 199 Å². The van der Waals surface area contributed by atoms with Gasteiger partial charge in [-0.3, -0.25) is 14.2 Å². The first-order chi connectivity index (χ1) is 16.9. The number of amides is 1. The number of benzene rings is 2. The van der Waals surface area contributed by atoms with Crippen LogP contribution in [0.3, 0.4) is 0 Å². The number of aromatic amines is 1. The Morgan fingerprint density at radius 1 is 1.06 bits per heavy atom. The maximum absolute atomic E-state index is 14.7. The molecule has 1 aliphatic carbocycles. The van der Waals surface area contributed by atoms with E-state index in [1.54, 1.807) is 24.3 Å². The maximum Gasteiger partial charge on any atom is 0.272 e. The number of halogens is 1. The molecule has 4 aromatic rings. The molecule has 0 bridgehead atoms. The van der Waals surface area contributed by atoms with Crippen molar-refractivity contribution < 1.29 is 19.4 Å². The van der Waals surface area contributed by atoms with E-state index in [0.29, 0.717) is 52.0 Å². The summed E-state index contributed by atoms with van der Waals surface area (Å²) in [7, 11) is 0. The molecule has 1 aliphatic heterocycles. The van der Waals surface area contributed by atoms with Gasteiger partial charge >= 0.3 is 0 Å². The van der Waals surface area contributed by atoms with Crippen molar-refractivity contribution in [1.82, 2.24) is 19.7 Å². The standard InChI is InChI=1S/C26H23FN4O4/c27-21-8-7-15(10-22-16-3-1-2-4-17(16)23(32)29-28-22)9-18(21)24(33)30-12-19-20(13-30)26(35)31(25(19)34)11-14-5-6-14/h1-4,7-9,14,34-35H,5-6,10-13H2,(H,29,32). The van der Waals surface area contributed by atoms with Gasteiger partial charge in [0.25, 0.3) is 11.5 Å². The molecule has 178 valence electrons. The van der Waals surface area contributed by atoms with Crippen LogP contribution in [0.25, 0.3) is 10.8 Å². The van der Waals surface area contributed by atoms with Gasteiger partial charge in [0.2, 0.25) is 0 Å². The Hall–Kier alpha value is -4.14. The lowest BCUT2D eigenvalue weighted by Gasteiger charge is -2.18. The molecule has 9 heteroatoms. The highest BCUT2D eigenvalue weighted by Gasteiger charge is 2.35. The molecule has 0 spiro atoms. The molecule has 2 aromatic carbocycles. The number of hydrogen-bond donors (Lipinski definition) is 3. The zero-order chi connectivity index (χ0) is 24.3. The van der Waals surface area contributed by atoms with Crippen molar-refractivity contribution in [3.63, 3.8) is 0 Å². The van der Waals surface area contributed by atoms with E-state index in [1.165, 1.54) is 21.6 Å². The SMILES string of the molecule is O=C(c1cc(Cc2n[nH]c(=O)c3ccccc23)ccc1F)N1Cc2c(c(O)n(CC3CC3)c2O)C1. The molecule has 0 radical (unpaired) electrons. The summed E-state index contributed by atoms with van der Waals surface area (Å²) in [5.74, 6) is -0.757. The molecule has 3 N–H and O–H groups in total. The second kappa shape index (κ2) is 7.97. The number of nitrogens with zero attached hydrogens (tertiary/aromatic N) is 3. The van der Waals surface area contributed by atoms with Gasteiger partial charge in [-0.25, -0.2) is 9.49 Å². The highest BCUT2D eigenvalue weighted by Crippen LogP contribution is 2.43. The minimum atomic E-state index is -0.651. The Bertz CT molecular complexity index is 1520. The number of aromatic nitrogens is 3. The summed E-state index contributed by atoms with van der Waals surface area (Å²) >= 11 is 0. The Morgan fingerprint density at radius 3 is 2.43 bits per heavy atom. The molecule has 2 aromatic heterocycles. The number of hydrogen-bond acceptors (Lipinski definition) is 5. The van der Waals surface area contributed by atoms with E-state index in [9.17, 15) is 24.2 Å². The number of rotatable bonds is 5. The van der Waals surface area contributed by atoms with Gasteiger partial charge in [-0.15, -0.1) is 0 Å². The van der Waals surface area contributed by atoms with Crippen molar-refractivity contribution in [1.29, 1.82) is 0 Å². The molecule has 1 saturated carbocycles. The van der Waals surface area contributed by atoms with Crippen LogP contribution in [0.2, 0.25) is 0 Å². The third-order valence-corrected chi connectivity index (χ3v) is 6.95. The van der Waals surface area contributed by atoms with E-state index in [0.717, 1.165) is 12.8 Å². The van der Waals surface area contributed by atoms with E-state index >= 15 is 0 Å². The molecular weight excluding hydrogens is 451 g/mol. The van der Waals surface area contributed by atoms with Crippen LogP contribution in [0.4, 0.5) is 4.39 Å². The van der Waals surface area contributed by atoms with E-state index in [1.807, 2.05) is 6.07 Å². The number of aromatic hydroxyl groups is 2. The first kappa shape index (κ1) is 21.4. The lowest BCUT2D eigenvalue weighted by molar-refractivity contribution is 0.0744. The van der Waals surface area contributed by atoms with Crippen molar-refractivity contribution in [3.8, 4) is 11.8 Å². The summed E-state index contributed by atoms with van der Waals surface area (Å²) in [5.41, 5.74) is 1.92. The normalized spacial score (nSPS) is 15.1. The molecule has 0 unspecified atom stereocenters. The van der Waals surface area contributed by atoms with Crippen molar-refractivity contribution in [2.75, 3.05) is 0 Å². The predicted octanol–water partition coefficient (Wildman–Crippen LogP) is 3.43. The predicted molar refractivity (Wildman–Crippen MR) is 126 cm³/mol. The average molecular weight is 474 g/mol. The third-order valence-electron chi connectivity index (χ3n) is 6.95. The van der Waals surface area contributed by atoms with Gasteiger partial charge in [-0.2, -0.15) is 5.10 Å². The van der Waals surface area contributed by atoms with Crippen LogP contribution in [0.15, 0.2) is 47.3 Å². The van der Waals surface area contributed by atoms with Crippen molar-refractivity contribution in [3.05, 3.63) is 86.6 Å². The van der Waals surface area contributed by atoms with Crippen molar-refractivity contribution in [2.24, 2.45) is 5.92 Å². The smallest absolute Gasteiger partial charge is 0.272 e. The molecular formula is C26H23FN4O4. The van der Waals surface area contributed by atoms with Gasteiger partial charge in [0.15, 0.2) is 11.8 Å². The van der Waals surface area contributed by atoms with Gasteiger partial charge in [0.05, 0.1) is 29.7 Å². The molecule has 3 heterocycles. The fraction of sp³-hybridized carbons (Fsp3) is 0.269. The number of H-pyrrole nitrogens is 1. The minimum Gasteiger partial charge on any atom is -0.494 e. The summed E-state index contributed by atoms with van der Waals surface area (Å²) in [6.07, 6.45) is 2.45. The summed E-state index contributed by atoms with van der Waals surface area (Å²) in [6.45, 7) is 0.755. The van der Waals surface area contributed by atoms with Crippen LogP contribution in [-0.2, 0) is 26.1 Å². The summed E-state index contributed by atoms with van der Waals surface area (Å²) in [4.78, 5) is 26.7. The van der Waals surface area contributed by atoms with Gasteiger partial charge < -0.3 is 15.1 Å². The first-order valence-corrected chi connectivity index (χ1v) is 11.6. The Balaban J connectivity index is 1.26. The quantitative estimate of drug-likeness (QED) is 0.410. The largest absolute Gasteiger partial charge is 0.494 e. The van der Waals surface area contributed by atoms with Gasteiger partial charge in [0.1, 0.15) is 5.82 Å². The molecule has 0 atom stereocenters. The Morgan fingerprint density at radius 2 is 1.74 bits per heavy atom. The highest BCUT2D eigenvalue weighted by molar-refractivity contribution is 5.95. The van der Waals surface area contributed by atoms with E-state index in [-0.39, 0.29) is 36.0 Å². The number of nitrogens with one attached hydrogen (secondary N) is 1. The topological polar surface area (TPSA) is 111 Å². The average Bonchev–Trinajstić information content (AvgIpc) is 3.53. The van der Waals surface area contributed by atoms with Crippen molar-refractivity contribution in [2.45, 2.75) is 38.9 Å². The zero-order valence-corrected chi connectivity index (χ0v) is 18.8. The maximum atomic E-state index is 14.7. The van der Waals surface area contributed by atoms with Gasteiger partial charge in [0, 0.05) is 29.5 Å². The van der Waals surface area contributed by atoms with E-state index in [2.05, 4.69) is 10.2 Å². The molecule has 2 aliphatic rings. The fourth-order valence-electron chi connectivity index (χ4n) is 4.86. The zero-order valence-electron chi connectivity index (χ0n) is 18.8. The molecule has 35 heavy (non-hydrogen) atoms. The van der Waals surface area contributed by atoms with Crippen LogP contribution in [0.1, 0.15) is 45.6 Å². The lowest BCUT2D eigenvalue weighted by Crippen LogP contribution is -2.27. The molecule has 6 rings (SSSR count). The van der Waals surface area contributed by atoms with Crippen LogP contribution in [-0.4, -0.2) is 35.8 Å². The molecule has 1 amide bonds. The number of carbonyl (C=O) groups is 1. The minimum absolute atomic E-state index is 0.0232. The number of fused-ring (bicyclic) bond motifs is 2. The molecule has 8 nitrogen and oxygen atoms in total. The third kappa shape index (κ3) is 3.63. The van der Waals surface area contributed by atoms with E-state index < -0.39 is 11.7 Å². The summed E-state index contributed by atoms with van der Waals surface area (Å²) < 4.78 is 16.2. The number of carbonyl (C=O) groups excluding carboxylic acids is 1. The van der Waals surface area contributed by atoms with Crippen LogP contribution in [0, 0.1) is 11.7 Å². The fourth-order valence-corrected chi connectivity index (χ4v) is 4.86. The summed E-state index contributed by atoms with van der Waals surface area (Å²) in [6, 6.07) is 11.4. The van der Waals surface area contributed by atoms with Gasteiger partial charge in [-0.05, 0) is 42.5 Å². The highest BCUT2D eigenvalue weighted by atomic mass is 19.1. The Kier molecular flexibility index (Phi) is 4.87. The van der Waals surface area contributed by atoms with Crippen molar-refractivity contribution >= 4 is 16.7 Å².